The molecule has 1 unspecified atom stereocenters. The monoisotopic (exact) mass is 293 g/mol. The van der Waals surface area contributed by atoms with Crippen LogP contribution < -0.4 is 0 Å². The van der Waals surface area contributed by atoms with Gasteiger partial charge in [-0.05, 0) is 61.6 Å². The number of likely N-dealkylation sites (N-methyl/N-ethyl adjacent to an activating group) is 1. The summed E-state index contributed by atoms with van der Waals surface area (Å²) in [4.78, 5) is 2.35. The van der Waals surface area contributed by atoms with Gasteiger partial charge in [0.2, 0.25) is 0 Å². The van der Waals surface area contributed by atoms with E-state index in [-0.39, 0.29) is 0 Å². The predicted molar refractivity (Wildman–Crippen MR) is 97.7 cm³/mol. The van der Waals surface area contributed by atoms with E-state index in [0.717, 1.165) is 6.42 Å². The van der Waals surface area contributed by atoms with Crippen molar-refractivity contribution in [2.24, 2.45) is 0 Å². The SMILES string of the molecule is C/C=C\C(=C/C)c1ccc(CC)c(C2C=CC=C(C)N2C)c1. The minimum Gasteiger partial charge on any atom is -0.368 e. The van der Waals surface area contributed by atoms with Crippen molar-refractivity contribution >= 4 is 5.57 Å². The van der Waals surface area contributed by atoms with Crippen LogP contribution in [0, 0.1) is 0 Å². The van der Waals surface area contributed by atoms with E-state index in [2.05, 4.69) is 94.3 Å². The third-order valence-corrected chi connectivity index (χ3v) is 4.44. The van der Waals surface area contributed by atoms with E-state index >= 15 is 0 Å². The van der Waals surface area contributed by atoms with Crippen molar-refractivity contribution in [2.75, 3.05) is 7.05 Å². The summed E-state index contributed by atoms with van der Waals surface area (Å²) < 4.78 is 0. The Balaban J connectivity index is 2.50. The molecule has 0 saturated heterocycles. The molecule has 0 saturated carbocycles. The van der Waals surface area contributed by atoms with Crippen molar-refractivity contribution in [3.8, 4) is 0 Å². The molecular weight excluding hydrogens is 266 g/mol. The van der Waals surface area contributed by atoms with Gasteiger partial charge in [-0.1, -0.05) is 49.4 Å². The lowest BCUT2D eigenvalue weighted by atomic mass is 9.91. The van der Waals surface area contributed by atoms with E-state index in [9.17, 15) is 0 Å². The van der Waals surface area contributed by atoms with Gasteiger partial charge in [0.25, 0.3) is 0 Å². The molecule has 0 N–H and O–H groups in total. The standard InChI is InChI=1S/C21H27N/c1-6-10-17(7-2)19-14-13-18(8-3)20(15-19)21-12-9-11-16(4)22(21)5/h6-7,9-15,21H,8H2,1-5H3/b10-6-,17-7+. The Morgan fingerprint density at radius 2 is 2.05 bits per heavy atom. The van der Waals surface area contributed by atoms with Crippen LogP contribution in [0.15, 0.2) is 60.4 Å². The molecule has 0 aromatic heterocycles. The minimum absolute atomic E-state index is 0.323. The Hall–Kier alpha value is -2.02. The quantitative estimate of drug-likeness (QED) is 0.646. The van der Waals surface area contributed by atoms with Gasteiger partial charge in [-0.2, -0.15) is 0 Å². The summed E-state index contributed by atoms with van der Waals surface area (Å²) in [5.41, 5.74) is 6.72. The zero-order valence-corrected chi connectivity index (χ0v) is 14.4. The van der Waals surface area contributed by atoms with Crippen LogP contribution in [-0.2, 0) is 6.42 Å². The number of rotatable bonds is 4. The van der Waals surface area contributed by atoms with E-state index in [1.54, 1.807) is 0 Å². The zero-order chi connectivity index (χ0) is 16.1. The molecule has 1 heterocycles. The minimum atomic E-state index is 0.323. The molecule has 0 radical (unpaired) electrons. The Morgan fingerprint density at radius 1 is 1.27 bits per heavy atom. The summed E-state index contributed by atoms with van der Waals surface area (Å²) in [5.74, 6) is 0. The highest BCUT2D eigenvalue weighted by atomic mass is 15.1. The van der Waals surface area contributed by atoms with Crippen molar-refractivity contribution < 1.29 is 0 Å². The molecule has 116 valence electrons. The molecule has 0 spiro atoms. The normalized spacial score (nSPS) is 19.0. The predicted octanol–water partition coefficient (Wildman–Crippen LogP) is 5.67. The van der Waals surface area contributed by atoms with Gasteiger partial charge in [0.1, 0.15) is 0 Å². The second-order valence-corrected chi connectivity index (χ2v) is 5.76. The fourth-order valence-corrected chi connectivity index (χ4v) is 2.99. The molecule has 0 amide bonds. The number of hydrogen-bond acceptors (Lipinski definition) is 1. The van der Waals surface area contributed by atoms with Crippen LogP contribution in [-0.4, -0.2) is 11.9 Å². The van der Waals surface area contributed by atoms with Crippen molar-refractivity contribution in [2.45, 2.75) is 40.2 Å². The van der Waals surface area contributed by atoms with Crippen LogP contribution >= 0.6 is 0 Å². The summed E-state index contributed by atoms with van der Waals surface area (Å²) in [5, 5.41) is 0. The van der Waals surface area contributed by atoms with Gasteiger partial charge in [0, 0.05) is 12.7 Å². The van der Waals surface area contributed by atoms with E-state index in [0.29, 0.717) is 6.04 Å². The fraction of sp³-hybridized carbons (Fsp3) is 0.333. The Labute approximate surface area is 135 Å². The largest absolute Gasteiger partial charge is 0.368 e. The molecule has 0 aliphatic carbocycles. The number of benzene rings is 1. The molecule has 1 aromatic carbocycles. The van der Waals surface area contributed by atoms with Gasteiger partial charge in [0.15, 0.2) is 0 Å². The van der Waals surface area contributed by atoms with E-state index in [1.807, 2.05) is 0 Å². The third-order valence-electron chi connectivity index (χ3n) is 4.44. The smallest absolute Gasteiger partial charge is 0.0726 e. The maximum absolute atomic E-state index is 2.36. The first-order chi connectivity index (χ1) is 10.6. The lowest BCUT2D eigenvalue weighted by Crippen LogP contribution is -2.24. The molecule has 22 heavy (non-hydrogen) atoms. The highest BCUT2D eigenvalue weighted by molar-refractivity contribution is 5.74. The maximum Gasteiger partial charge on any atom is 0.0726 e. The van der Waals surface area contributed by atoms with Gasteiger partial charge < -0.3 is 4.90 Å². The van der Waals surface area contributed by atoms with Gasteiger partial charge in [-0.25, -0.2) is 0 Å². The third kappa shape index (κ3) is 3.24. The first kappa shape index (κ1) is 16.4. The molecule has 0 fully saturated rings. The van der Waals surface area contributed by atoms with Gasteiger partial charge in [-0.3, -0.25) is 0 Å². The summed E-state index contributed by atoms with van der Waals surface area (Å²) in [6.07, 6.45) is 14.1. The first-order valence-electron chi connectivity index (χ1n) is 8.12. The molecule has 1 aliphatic rings. The topological polar surface area (TPSA) is 3.24 Å². The highest BCUT2D eigenvalue weighted by Gasteiger charge is 2.19. The van der Waals surface area contributed by atoms with Crippen LogP contribution in [0.4, 0.5) is 0 Å². The van der Waals surface area contributed by atoms with Crippen molar-refractivity contribution in [3.63, 3.8) is 0 Å². The fourth-order valence-electron chi connectivity index (χ4n) is 2.99. The molecule has 1 aromatic rings. The Morgan fingerprint density at radius 3 is 2.68 bits per heavy atom. The van der Waals surface area contributed by atoms with Crippen molar-refractivity contribution in [1.82, 2.24) is 4.90 Å². The van der Waals surface area contributed by atoms with Crippen molar-refractivity contribution in [1.29, 1.82) is 0 Å². The lowest BCUT2D eigenvalue weighted by Gasteiger charge is -2.32. The Kier molecular flexibility index (Phi) is 5.43. The second kappa shape index (κ2) is 7.31. The highest BCUT2D eigenvalue weighted by Crippen LogP contribution is 2.32. The number of hydrogen-bond donors (Lipinski definition) is 0. The summed E-state index contributed by atoms with van der Waals surface area (Å²) in [6.45, 7) is 8.57. The summed E-state index contributed by atoms with van der Waals surface area (Å²) in [6, 6.07) is 7.21. The molecule has 2 rings (SSSR count). The Bertz CT molecular complexity index is 644. The van der Waals surface area contributed by atoms with E-state index < -0.39 is 0 Å². The second-order valence-electron chi connectivity index (χ2n) is 5.76. The van der Waals surface area contributed by atoms with Gasteiger partial charge >= 0.3 is 0 Å². The van der Waals surface area contributed by atoms with Crippen LogP contribution in [0.2, 0.25) is 0 Å². The van der Waals surface area contributed by atoms with E-state index in [4.69, 9.17) is 0 Å². The molecular formula is C21H27N. The zero-order valence-electron chi connectivity index (χ0n) is 14.4. The average molecular weight is 293 g/mol. The average Bonchev–Trinajstić information content (AvgIpc) is 2.54. The molecule has 1 atom stereocenters. The molecule has 1 aliphatic heterocycles. The van der Waals surface area contributed by atoms with Crippen LogP contribution in [0.5, 0.6) is 0 Å². The lowest BCUT2D eigenvalue weighted by molar-refractivity contribution is 0.355. The maximum atomic E-state index is 2.36. The van der Waals surface area contributed by atoms with Crippen LogP contribution in [0.3, 0.4) is 0 Å². The van der Waals surface area contributed by atoms with Crippen LogP contribution in [0.1, 0.15) is 50.4 Å². The first-order valence-corrected chi connectivity index (χ1v) is 8.12. The summed E-state index contributed by atoms with van der Waals surface area (Å²) in [7, 11) is 2.18. The van der Waals surface area contributed by atoms with Crippen molar-refractivity contribution in [3.05, 3.63) is 77.0 Å². The molecule has 1 nitrogen and oxygen atoms in total. The number of allylic oxidation sites excluding steroid dienone is 7. The molecule has 0 bridgehead atoms. The summed E-state index contributed by atoms with van der Waals surface area (Å²) >= 11 is 0. The van der Waals surface area contributed by atoms with Gasteiger partial charge in [-0.15, -0.1) is 0 Å². The number of aryl methyl sites for hydroxylation is 1. The molecule has 1 heteroatoms. The number of nitrogens with zero attached hydrogens (tertiary/aromatic N) is 1. The van der Waals surface area contributed by atoms with E-state index in [1.165, 1.54) is 28.0 Å². The van der Waals surface area contributed by atoms with Gasteiger partial charge in [0.05, 0.1) is 6.04 Å². The van der Waals surface area contributed by atoms with Crippen LogP contribution in [0.25, 0.3) is 5.57 Å².